The maximum Gasteiger partial charge on any atom is 0.241 e. The molecule has 3 fully saturated rings. The number of hydrogen-bond donors (Lipinski definition) is 2. The second-order valence-electron chi connectivity index (χ2n) is 6.65. The Morgan fingerprint density at radius 2 is 1.84 bits per heavy atom. The number of rotatable bonds is 1. The molecule has 1 saturated carbocycles. The lowest BCUT2D eigenvalue weighted by Crippen LogP contribution is -2.60. The van der Waals surface area contributed by atoms with Crippen molar-refractivity contribution in [2.75, 3.05) is 26.2 Å². The van der Waals surface area contributed by atoms with Crippen molar-refractivity contribution < 1.29 is 4.79 Å². The van der Waals surface area contributed by atoms with Crippen LogP contribution in [0.2, 0.25) is 0 Å². The lowest BCUT2D eigenvalue weighted by atomic mass is 9.75. The molecule has 0 radical (unpaired) electrons. The van der Waals surface area contributed by atoms with Crippen LogP contribution in [0, 0.1) is 11.8 Å². The van der Waals surface area contributed by atoms with Crippen LogP contribution in [0.1, 0.15) is 39.0 Å². The Morgan fingerprint density at radius 3 is 2.58 bits per heavy atom. The van der Waals surface area contributed by atoms with E-state index in [1.807, 2.05) is 0 Å². The van der Waals surface area contributed by atoms with Gasteiger partial charge < -0.3 is 15.5 Å². The van der Waals surface area contributed by atoms with E-state index in [4.69, 9.17) is 0 Å². The summed E-state index contributed by atoms with van der Waals surface area (Å²) in [4.78, 5) is 14.7. The van der Waals surface area contributed by atoms with E-state index >= 15 is 0 Å². The van der Waals surface area contributed by atoms with E-state index in [2.05, 4.69) is 22.5 Å². The van der Waals surface area contributed by atoms with E-state index in [1.54, 1.807) is 0 Å². The molecule has 4 heteroatoms. The van der Waals surface area contributed by atoms with Gasteiger partial charge in [0.1, 0.15) is 0 Å². The Hall–Kier alpha value is -0.610. The van der Waals surface area contributed by atoms with Crippen molar-refractivity contribution in [2.45, 2.75) is 51.1 Å². The van der Waals surface area contributed by atoms with Crippen LogP contribution < -0.4 is 10.6 Å². The van der Waals surface area contributed by atoms with Crippen LogP contribution in [-0.2, 0) is 4.79 Å². The van der Waals surface area contributed by atoms with Crippen molar-refractivity contribution in [1.29, 1.82) is 0 Å². The summed E-state index contributed by atoms with van der Waals surface area (Å²) in [7, 11) is 0. The molecule has 2 N–H and O–H groups in total. The summed E-state index contributed by atoms with van der Waals surface area (Å²) in [5.41, 5.74) is 0. The number of carbonyl (C=O) groups excluding carboxylic acids is 1. The van der Waals surface area contributed by atoms with Gasteiger partial charge in [-0.3, -0.25) is 4.79 Å². The average Bonchev–Trinajstić information content (AvgIpc) is 2.47. The van der Waals surface area contributed by atoms with Gasteiger partial charge in [0.05, 0.1) is 6.04 Å². The van der Waals surface area contributed by atoms with Gasteiger partial charge in [-0.2, -0.15) is 0 Å². The van der Waals surface area contributed by atoms with Crippen LogP contribution in [0.4, 0.5) is 0 Å². The highest BCUT2D eigenvalue weighted by atomic mass is 16.2. The van der Waals surface area contributed by atoms with Crippen molar-refractivity contribution >= 4 is 5.91 Å². The fraction of sp³-hybridized carbons (Fsp3) is 0.933. The first-order chi connectivity index (χ1) is 9.24. The Morgan fingerprint density at radius 1 is 1.05 bits per heavy atom. The van der Waals surface area contributed by atoms with Crippen molar-refractivity contribution in [3.63, 3.8) is 0 Å². The second kappa shape index (κ2) is 5.80. The molecule has 1 aliphatic carbocycles. The number of nitrogens with one attached hydrogen (secondary N) is 2. The summed E-state index contributed by atoms with van der Waals surface area (Å²) in [6.07, 6.45) is 6.73. The Kier molecular flexibility index (Phi) is 4.08. The van der Waals surface area contributed by atoms with Crippen molar-refractivity contribution in [2.24, 2.45) is 11.8 Å². The van der Waals surface area contributed by atoms with Crippen molar-refractivity contribution in [1.82, 2.24) is 15.5 Å². The molecule has 19 heavy (non-hydrogen) atoms. The van der Waals surface area contributed by atoms with E-state index in [0.29, 0.717) is 11.9 Å². The Bertz CT molecular complexity index is 325. The SMILES string of the molecule is CC1CNC(C(=O)N2CCC3CCCCC3C2)CN1. The topological polar surface area (TPSA) is 44.4 Å². The van der Waals surface area contributed by atoms with E-state index in [-0.39, 0.29) is 6.04 Å². The Balaban J connectivity index is 1.55. The maximum absolute atomic E-state index is 12.6. The van der Waals surface area contributed by atoms with Gasteiger partial charge in [0.25, 0.3) is 0 Å². The third kappa shape index (κ3) is 2.95. The minimum absolute atomic E-state index is 0.00339. The normalized spacial score (nSPS) is 39.7. The minimum atomic E-state index is -0.00339. The highest BCUT2D eigenvalue weighted by molar-refractivity contribution is 5.82. The summed E-state index contributed by atoms with van der Waals surface area (Å²) >= 11 is 0. The van der Waals surface area contributed by atoms with Crippen molar-refractivity contribution in [3.05, 3.63) is 0 Å². The number of hydrogen-bond acceptors (Lipinski definition) is 3. The van der Waals surface area contributed by atoms with E-state index < -0.39 is 0 Å². The molecule has 2 aliphatic heterocycles. The summed E-state index contributed by atoms with van der Waals surface area (Å²) < 4.78 is 0. The number of nitrogens with zero attached hydrogens (tertiary/aromatic N) is 1. The summed E-state index contributed by atoms with van der Waals surface area (Å²) in [5, 5.41) is 6.78. The first kappa shape index (κ1) is 13.4. The maximum atomic E-state index is 12.6. The summed E-state index contributed by atoms with van der Waals surface area (Å²) in [6.45, 7) is 5.83. The van der Waals surface area contributed by atoms with Gasteiger partial charge in [-0.15, -0.1) is 0 Å². The monoisotopic (exact) mass is 265 g/mol. The molecule has 0 aromatic heterocycles. The summed E-state index contributed by atoms with van der Waals surface area (Å²) in [6, 6.07) is 0.476. The molecule has 0 aromatic rings. The van der Waals surface area contributed by atoms with Gasteiger partial charge in [-0.1, -0.05) is 19.3 Å². The molecule has 0 bridgehead atoms. The lowest BCUT2D eigenvalue weighted by Gasteiger charge is -2.43. The van der Waals surface area contributed by atoms with Crippen LogP contribution in [0.5, 0.6) is 0 Å². The average molecular weight is 265 g/mol. The molecular formula is C15H27N3O. The lowest BCUT2D eigenvalue weighted by molar-refractivity contribution is -0.136. The standard InChI is InChI=1S/C15H27N3O/c1-11-8-17-14(9-16-11)15(19)18-7-6-12-4-2-3-5-13(12)10-18/h11-14,16-17H,2-10H2,1H3. The molecule has 4 atom stereocenters. The molecule has 1 amide bonds. The van der Waals surface area contributed by atoms with Gasteiger partial charge >= 0.3 is 0 Å². The molecule has 3 aliphatic rings. The van der Waals surface area contributed by atoms with Crippen LogP contribution in [0.3, 0.4) is 0 Å². The van der Waals surface area contributed by atoms with E-state index in [0.717, 1.165) is 38.0 Å². The zero-order valence-corrected chi connectivity index (χ0v) is 12.0. The third-order valence-corrected chi connectivity index (χ3v) is 5.24. The Labute approximate surface area is 116 Å². The van der Waals surface area contributed by atoms with Crippen LogP contribution in [-0.4, -0.2) is 49.1 Å². The smallest absolute Gasteiger partial charge is 0.241 e. The van der Waals surface area contributed by atoms with Gasteiger partial charge in [0.2, 0.25) is 5.91 Å². The number of likely N-dealkylation sites (tertiary alicyclic amines) is 1. The van der Waals surface area contributed by atoms with Gasteiger partial charge in [0.15, 0.2) is 0 Å². The molecule has 2 heterocycles. The fourth-order valence-corrected chi connectivity index (χ4v) is 3.98. The number of piperidine rings is 1. The van der Waals surface area contributed by atoms with Crippen LogP contribution >= 0.6 is 0 Å². The molecule has 2 saturated heterocycles. The number of piperazine rings is 1. The molecule has 3 rings (SSSR count). The number of fused-ring (bicyclic) bond motifs is 1. The largest absolute Gasteiger partial charge is 0.341 e. The molecule has 108 valence electrons. The van der Waals surface area contributed by atoms with Gasteiger partial charge in [0, 0.05) is 32.2 Å². The second-order valence-corrected chi connectivity index (χ2v) is 6.65. The predicted molar refractivity (Wildman–Crippen MR) is 75.9 cm³/mol. The third-order valence-electron chi connectivity index (χ3n) is 5.24. The first-order valence-corrected chi connectivity index (χ1v) is 7.99. The quantitative estimate of drug-likeness (QED) is 0.743. The number of carbonyl (C=O) groups is 1. The highest BCUT2D eigenvalue weighted by Gasteiger charge is 2.35. The van der Waals surface area contributed by atoms with Crippen molar-refractivity contribution in [3.8, 4) is 0 Å². The van der Waals surface area contributed by atoms with Crippen LogP contribution in [0.25, 0.3) is 0 Å². The minimum Gasteiger partial charge on any atom is -0.341 e. The van der Waals surface area contributed by atoms with Crippen LogP contribution in [0.15, 0.2) is 0 Å². The predicted octanol–water partition coefficient (Wildman–Crippen LogP) is 0.975. The zero-order chi connectivity index (χ0) is 13.2. The first-order valence-electron chi connectivity index (χ1n) is 7.99. The molecule has 4 unspecified atom stereocenters. The molecular weight excluding hydrogens is 238 g/mol. The molecule has 0 aromatic carbocycles. The van der Waals surface area contributed by atoms with E-state index in [1.165, 1.54) is 32.1 Å². The zero-order valence-electron chi connectivity index (χ0n) is 12.0. The molecule has 4 nitrogen and oxygen atoms in total. The fourth-order valence-electron chi connectivity index (χ4n) is 3.98. The van der Waals surface area contributed by atoms with Gasteiger partial charge in [-0.05, 0) is 31.6 Å². The highest BCUT2D eigenvalue weighted by Crippen LogP contribution is 2.36. The number of amides is 1. The summed E-state index contributed by atoms with van der Waals surface area (Å²) in [5.74, 6) is 2.00. The molecule has 0 spiro atoms. The van der Waals surface area contributed by atoms with Gasteiger partial charge in [-0.25, -0.2) is 0 Å². The van der Waals surface area contributed by atoms with E-state index in [9.17, 15) is 4.79 Å².